The van der Waals surface area contributed by atoms with Crippen LogP contribution in [0.25, 0.3) is 0 Å². The molecule has 4 nitrogen and oxygen atoms in total. The van der Waals surface area contributed by atoms with Crippen molar-refractivity contribution in [2.45, 2.75) is 33.1 Å². The van der Waals surface area contributed by atoms with Gasteiger partial charge in [-0.2, -0.15) is 0 Å². The number of carbonyl (C=O) groups excluding carboxylic acids is 1. The van der Waals surface area contributed by atoms with Crippen molar-refractivity contribution in [3.8, 4) is 5.75 Å². The van der Waals surface area contributed by atoms with Crippen molar-refractivity contribution in [1.82, 2.24) is 0 Å². The van der Waals surface area contributed by atoms with Gasteiger partial charge in [-0.1, -0.05) is 12.5 Å². The van der Waals surface area contributed by atoms with Gasteiger partial charge in [0.1, 0.15) is 5.75 Å². The second-order valence-corrected chi connectivity index (χ2v) is 5.45. The van der Waals surface area contributed by atoms with Gasteiger partial charge in [-0.05, 0) is 43.9 Å². The number of carbonyl (C=O) groups is 1. The molecule has 0 atom stereocenters. The number of hydrogen-bond acceptors (Lipinski definition) is 3. The molecule has 0 spiro atoms. The van der Waals surface area contributed by atoms with Crippen molar-refractivity contribution in [2.24, 2.45) is 11.1 Å². The smallest absolute Gasteiger partial charge is 0.231 e. The zero-order chi connectivity index (χ0) is 14.0. The first-order valence-electron chi connectivity index (χ1n) is 6.69. The van der Waals surface area contributed by atoms with Crippen molar-refractivity contribution in [2.75, 3.05) is 19.0 Å². The molecule has 1 aliphatic rings. The molecule has 3 N–H and O–H groups in total. The van der Waals surface area contributed by atoms with E-state index < -0.39 is 0 Å². The van der Waals surface area contributed by atoms with Crippen molar-refractivity contribution in [3.05, 3.63) is 23.3 Å². The van der Waals surface area contributed by atoms with E-state index in [9.17, 15) is 4.79 Å². The van der Waals surface area contributed by atoms with Crippen LogP contribution in [0.3, 0.4) is 0 Å². The molecule has 1 saturated carbocycles. The molecular weight excluding hydrogens is 240 g/mol. The van der Waals surface area contributed by atoms with E-state index in [1.54, 1.807) is 7.11 Å². The number of hydrogen-bond donors (Lipinski definition) is 2. The second-order valence-electron chi connectivity index (χ2n) is 5.45. The number of amides is 1. The molecule has 0 radical (unpaired) electrons. The maximum absolute atomic E-state index is 12.4. The Labute approximate surface area is 114 Å². The summed E-state index contributed by atoms with van der Waals surface area (Å²) in [5, 5.41) is 3.01. The quantitative estimate of drug-likeness (QED) is 0.875. The molecule has 1 aromatic carbocycles. The van der Waals surface area contributed by atoms with E-state index in [0.29, 0.717) is 12.3 Å². The zero-order valence-corrected chi connectivity index (χ0v) is 11.9. The fourth-order valence-electron chi connectivity index (χ4n) is 2.62. The summed E-state index contributed by atoms with van der Waals surface area (Å²) in [6, 6.07) is 3.96. The van der Waals surface area contributed by atoms with E-state index in [-0.39, 0.29) is 11.3 Å². The maximum Gasteiger partial charge on any atom is 0.231 e. The Morgan fingerprint density at radius 3 is 2.58 bits per heavy atom. The number of anilines is 1. The lowest BCUT2D eigenvalue weighted by atomic mass is 9.68. The number of nitrogens with one attached hydrogen (secondary N) is 1. The van der Waals surface area contributed by atoms with Crippen molar-refractivity contribution in [1.29, 1.82) is 0 Å². The van der Waals surface area contributed by atoms with Gasteiger partial charge < -0.3 is 15.8 Å². The molecule has 19 heavy (non-hydrogen) atoms. The van der Waals surface area contributed by atoms with Crippen LogP contribution in [-0.4, -0.2) is 19.6 Å². The van der Waals surface area contributed by atoms with Crippen LogP contribution >= 0.6 is 0 Å². The Kier molecular flexibility index (Phi) is 3.80. The van der Waals surface area contributed by atoms with Crippen LogP contribution in [-0.2, 0) is 4.79 Å². The third kappa shape index (κ3) is 2.45. The number of ether oxygens (including phenoxy) is 1. The molecule has 1 aromatic rings. The third-order valence-electron chi connectivity index (χ3n) is 4.09. The predicted molar refractivity (Wildman–Crippen MR) is 76.4 cm³/mol. The van der Waals surface area contributed by atoms with Gasteiger partial charge in [0, 0.05) is 6.54 Å². The minimum atomic E-state index is -0.373. The number of nitrogens with two attached hydrogens (primary N) is 1. The monoisotopic (exact) mass is 262 g/mol. The van der Waals surface area contributed by atoms with Gasteiger partial charge in [-0.25, -0.2) is 0 Å². The molecule has 104 valence electrons. The van der Waals surface area contributed by atoms with Crippen LogP contribution in [0.5, 0.6) is 5.75 Å². The van der Waals surface area contributed by atoms with Crippen LogP contribution in [0.1, 0.15) is 30.4 Å². The van der Waals surface area contributed by atoms with Crippen LogP contribution in [0, 0.1) is 19.3 Å². The Morgan fingerprint density at radius 1 is 1.42 bits per heavy atom. The lowest BCUT2D eigenvalue weighted by Gasteiger charge is -2.39. The molecule has 0 aliphatic heterocycles. The van der Waals surface area contributed by atoms with E-state index in [1.807, 2.05) is 26.0 Å². The topological polar surface area (TPSA) is 64.3 Å². The highest BCUT2D eigenvalue weighted by molar-refractivity contribution is 5.98. The molecule has 0 heterocycles. The third-order valence-corrected chi connectivity index (χ3v) is 4.09. The predicted octanol–water partition coefficient (Wildman–Crippen LogP) is 2.38. The second kappa shape index (κ2) is 5.21. The van der Waals surface area contributed by atoms with Crippen molar-refractivity contribution in [3.63, 3.8) is 0 Å². The normalized spacial score (nSPS) is 16.6. The highest BCUT2D eigenvalue weighted by atomic mass is 16.5. The number of rotatable bonds is 4. The van der Waals surface area contributed by atoms with Gasteiger partial charge in [0.15, 0.2) is 0 Å². The van der Waals surface area contributed by atoms with Gasteiger partial charge in [0.2, 0.25) is 5.91 Å². The van der Waals surface area contributed by atoms with E-state index in [2.05, 4.69) is 5.32 Å². The molecule has 0 bridgehead atoms. The van der Waals surface area contributed by atoms with Crippen LogP contribution < -0.4 is 15.8 Å². The molecule has 0 unspecified atom stereocenters. The fourth-order valence-corrected chi connectivity index (χ4v) is 2.62. The SMILES string of the molecule is COc1cc(C)cc(C)c1NC(=O)C1(CN)CCC1. The highest BCUT2D eigenvalue weighted by Crippen LogP contribution is 2.42. The number of methoxy groups -OCH3 is 1. The number of benzene rings is 1. The zero-order valence-electron chi connectivity index (χ0n) is 11.9. The minimum absolute atomic E-state index is 0.0199. The molecule has 0 saturated heterocycles. The van der Waals surface area contributed by atoms with Crippen LogP contribution in [0.2, 0.25) is 0 Å². The molecular formula is C15H22N2O2. The fraction of sp³-hybridized carbons (Fsp3) is 0.533. The van der Waals surface area contributed by atoms with Crippen molar-refractivity contribution < 1.29 is 9.53 Å². The maximum atomic E-state index is 12.4. The van der Waals surface area contributed by atoms with Crippen LogP contribution in [0.15, 0.2) is 12.1 Å². The van der Waals surface area contributed by atoms with Gasteiger partial charge in [0.05, 0.1) is 18.2 Å². The molecule has 1 aliphatic carbocycles. The Balaban J connectivity index is 2.26. The Hall–Kier alpha value is -1.55. The van der Waals surface area contributed by atoms with Gasteiger partial charge in [-0.3, -0.25) is 4.79 Å². The lowest BCUT2D eigenvalue weighted by Crippen LogP contribution is -2.47. The molecule has 4 heteroatoms. The van der Waals surface area contributed by atoms with E-state index in [0.717, 1.165) is 36.1 Å². The summed E-state index contributed by atoms with van der Waals surface area (Å²) < 4.78 is 5.36. The average molecular weight is 262 g/mol. The van der Waals surface area contributed by atoms with Crippen LogP contribution in [0.4, 0.5) is 5.69 Å². The average Bonchev–Trinajstić information content (AvgIpc) is 2.31. The summed E-state index contributed by atoms with van der Waals surface area (Å²) in [4.78, 5) is 12.4. The molecule has 2 rings (SSSR count). The first kappa shape index (κ1) is 13.9. The van der Waals surface area contributed by atoms with Gasteiger partial charge in [0.25, 0.3) is 0 Å². The highest BCUT2D eigenvalue weighted by Gasteiger charge is 2.43. The minimum Gasteiger partial charge on any atom is -0.495 e. The summed E-state index contributed by atoms with van der Waals surface area (Å²) in [5.74, 6) is 0.726. The summed E-state index contributed by atoms with van der Waals surface area (Å²) in [6.07, 6.45) is 2.83. The van der Waals surface area contributed by atoms with E-state index >= 15 is 0 Å². The summed E-state index contributed by atoms with van der Waals surface area (Å²) in [7, 11) is 1.62. The number of aryl methyl sites for hydroxylation is 2. The standard InChI is InChI=1S/C15H22N2O2/c1-10-7-11(2)13(12(8-10)19-3)17-14(18)15(9-16)5-4-6-15/h7-8H,4-6,9,16H2,1-3H3,(H,17,18). The first-order chi connectivity index (χ1) is 9.02. The Morgan fingerprint density at radius 2 is 2.11 bits per heavy atom. The van der Waals surface area contributed by atoms with Crippen molar-refractivity contribution >= 4 is 11.6 Å². The summed E-state index contributed by atoms with van der Waals surface area (Å²) in [6.45, 7) is 4.39. The van der Waals surface area contributed by atoms with E-state index in [1.165, 1.54) is 0 Å². The Bertz CT molecular complexity index is 488. The van der Waals surface area contributed by atoms with Gasteiger partial charge in [-0.15, -0.1) is 0 Å². The largest absolute Gasteiger partial charge is 0.495 e. The first-order valence-corrected chi connectivity index (χ1v) is 6.69. The summed E-state index contributed by atoms with van der Waals surface area (Å²) in [5.41, 5.74) is 8.28. The molecule has 1 fully saturated rings. The molecule has 0 aromatic heterocycles. The lowest BCUT2D eigenvalue weighted by molar-refractivity contribution is -0.129. The molecule has 1 amide bonds. The van der Waals surface area contributed by atoms with E-state index in [4.69, 9.17) is 10.5 Å². The van der Waals surface area contributed by atoms with Gasteiger partial charge >= 0.3 is 0 Å². The summed E-state index contributed by atoms with van der Waals surface area (Å²) >= 11 is 0.